The van der Waals surface area contributed by atoms with Crippen LogP contribution in [0.25, 0.3) is 0 Å². The minimum absolute atomic E-state index is 0. The van der Waals surface area contributed by atoms with Crippen molar-refractivity contribution in [2.75, 3.05) is 13.1 Å². The van der Waals surface area contributed by atoms with E-state index in [-0.39, 0.29) is 23.3 Å². The van der Waals surface area contributed by atoms with E-state index in [9.17, 15) is 9.18 Å². The van der Waals surface area contributed by atoms with Gasteiger partial charge in [-0.25, -0.2) is 4.39 Å². The summed E-state index contributed by atoms with van der Waals surface area (Å²) in [4.78, 5) is 11.8. The zero-order valence-electron chi connectivity index (χ0n) is 9.71. The molecule has 1 atom stereocenters. The molecule has 6 heteroatoms. The molecule has 18 heavy (non-hydrogen) atoms. The van der Waals surface area contributed by atoms with E-state index in [0.29, 0.717) is 18.2 Å². The summed E-state index contributed by atoms with van der Waals surface area (Å²) in [6.45, 7) is 1.57. The topological polar surface area (TPSA) is 41.1 Å². The van der Waals surface area contributed by atoms with Crippen LogP contribution in [0.5, 0.6) is 0 Å². The fourth-order valence-corrected chi connectivity index (χ4v) is 2.17. The number of amides is 1. The molecule has 1 fully saturated rings. The maximum atomic E-state index is 12.8. The zero-order valence-corrected chi connectivity index (χ0v) is 11.3. The molecule has 0 aromatic heterocycles. The molecule has 0 bridgehead atoms. The van der Waals surface area contributed by atoms with E-state index in [0.717, 1.165) is 25.5 Å². The number of hydrogen-bond acceptors (Lipinski definition) is 2. The largest absolute Gasteiger partial charge is 0.350 e. The van der Waals surface area contributed by atoms with Crippen LogP contribution in [0.3, 0.4) is 0 Å². The number of carbonyl (C=O) groups excluding carboxylic acids is 1. The minimum Gasteiger partial charge on any atom is -0.350 e. The van der Waals surface area contributed by atoms with Gasteiger partial charge < -0.3 is 10.6 Å². The third kappa shape index (κ3) is 3.83. The van der Waals surface area contributed by atoms with Crippen molar-refractivity contribution in [1.82, 2.24) is 10.6 Å². The SMILES string of the molecule is Cl.O=C(NCC1CCCN1)c1ccc(F)cc1Cl. The Morgan fingerprint density at radius 2 is 2.33 bits per heavy atom. The molecule has 0 radical (unpaired) electrons. The lowest BCUT2D eigenvalue weighted by Crippen LogP contribution is -2.37. The van der Waals surface area contributed by atoms with Gasteiger partial charge in [-0.3, -0.25) is 4.79 Å². The number of carbonyl (C=O) groups is 1. The number of hydrogen-bond donors (Lipinski definition) is 2. The van der Waals surface area contributed by atoms with Gasteiger partial charge in [0.2, 0.25) is 0 Å². The monoisotopic (exact) mass is 292 g/mol. The van der Waals surface area contributed by atoms with Gasteiger partial charge in [0.1, 0.15) is 5.82 Å². The Morgan fingerprint density at radius 1 is 1.56 bits per heavy atom. The standard InChI is InChI=1S/C12H14ClFN2O.ClH/c13-11-6-8(14)3-4-10(11)12(17)16-7-9-2-1-5-15-9;/h3-4,6,9,15H,1-2,5,7H2,(H,16,17);1H. The van der Waals surface area contributed by atoms with Crippen molar-refractivity contribution in [3.05, 3.63) is 34.6 Å². The van der Waals surface area contributed by atoms with Crippen LogP contribution in [0.2, 0.25) is 5.02 Å². The molecule has 1 unspecified atom stereocenters. The van der Waals surface area contributed by atoms with E-state index < -0.39 is 5.82 Å². The summed E-state index contributed by atoms with van der Waals surface area (Å²) < 4.78 is 12.8. The van der Waals surface area contributed by atoms with Crippen LogP contribution in [0.1, 0.15) is 23.2 Å². The molecular weight excluding hydrogens is 278 g/mol. The van der Waals surface area contributed by atoms with Gasteiger partial charge in [0.25, 0.3) is 5.91 Å². The van der Waals surface area contributed by atoms with Crippen LogP contribution in [0, 0.1) is 5.82 Å². The Labute approximate surface area is 116 Å². The van der Waals surface area contributed by atoms with E-state index >= 15 is 0 Å². The molecule has 1 heterocycles. The lowest BCUT2D eigenvalue weighted by molar-refractivity contribution is 0.0950. The highest BCUT2D eigenvalue weighted by atomic mass is 35.5. The maximum absolute atomic E-state index is 12.8. The van der Waals surface area contributed by atoms with E-state index in [2.05, 4.69) is 10.6 Å². The number of nitrogens with one attached hydrogen (secondary N) is 2. The fraction of sp³-hybridized carbons (Fsp3) is 0.417. The molecule has 0 aliphatic carbocycles. The highest BCUT2D eigenvalue weighted by Crippen LogP contribution is 2.17. The summed E-state index contributed by atoms with van der Waals surface area (Å²) in [5.41, 5.74) is 0.311. The third-order valence-electron chi connectivity index (χ3n) is 2.85. The van der Waals surface area contributed by atoms with Crippen LogP contribution in [0.15, 0.2) is 18.2 Å². The second-order valence-electron chi connectivity index (χ2n) is 4.13. The molecule has 2 rings (SSSR count). The first kappa shape index (κ1) is 15.2. The van der Waals surface area contributed by atoms with Gasteiger partial charge in [0.05, 0.1) is 10.6 Å². The van der Waals surface area contributed by atoms with Crippen molar-refractivity contribution in [3.8, 4) is 0 Å². The van der Waals surface area contributed by atoms with Gasteiger partial charge in [-0.15, -0.1) is 12.4 Å². The summed E-state index contributed by atoms with van der Waals surface area (Å²) in [5, 5.41) is 6.21. The maximum Gasteiger partial charge on any atom is 0.252 e. The molecule has 0 spiro atoms. The van der Waals surface area contributed by atoms with E-state index in [4.69, 9.17) is 11.6 Å². The predicted molar refractivity (Wildman–Crippen MR) is 72.0 cm³/mol. The molecule has 1 aliphatic heterocycles. The molecule has 1 aromatic rings. The summed E-state index contributed by atoms with van der Waals surface area (Å²) in [6, 6.07) is 4.10. The van der Waals surface area contributed by atoms with Gasteiger partial charge in [-0.2, -0.15) is 0 Å². The van der Waals surface area contributed by atoms with Crippen molar-refractivity contribution in [2.24, 2.45) is 0 Å². The Hall–Kier alpha value is -0.840. The van der Waals surface area contributed by atoms with Crippen molar-refractivity contribution in [2.45, 2.75) is 18.9 Å². The van der Waals surface area contributed by atoms with E-state index in [1.165, 1.54) is 12.1 Å². The molecule has 2 N–H and O–H groups in total. The molecule has 1 aromatic carbocycles. The molecular formula is C12H15Cl2FN2O. The average Bonchev–Trinajstić information content (AvgIpc) is 2.78. The Kier molecular flexibility index (Phi) is 5.85. The predicted octanol–water partition coefficient (Wildman–Crippen LogP) is 2.38. The van der Waals surface area contributed by atoms with Gasteiger partial charge in [-0.1, -0.05) is 11.6 Å². The van der Waals surface area contributed by atoms with Gasteiger partial charge >= 0.3 is 0 Å². The lowest BCUT2D eigenvalue weighted by atomic mass is 10.2. The number of rotatable bonds is 3. The molecule has 100 valence electrons. The quantitative estimate of drug-likeness (QED) is 0.898. The second-order valence-corrected chi connectivity index (χ2v) is 4.53. The van der Waals surface area contributed by atoms with Gasteiger partial charge in [-0.05, 0) is 37.6 Å². The van der Waals surface area contributed by atoms with Crippen LogP contribution >= 0.6 is 24.0 Å². The van der Waals surface area contributed by atoms with Crippen LogP contribution < -0.4 is 10.6 Å². The highest BCUT2D eigenvalue weighted by molar-refractivity contribution is 6.33. The Balaban J connectivity index is 0.00000162. The lowest BCUT2D eigenvalue weighted by Gasteiger charge is -2.12. The zero-order chi connectivity index (χ0) is 12.3. The van der Waals surface area contributed by atoms with Gasteiger partial charge in [0.15, 0.2) is 0 Å². The Bertz CT molecular complexity index is 423. The molecule has 1 amide bonds. The minimum atomic E-state index is -0.441. The van der Waals surface area contributed by atoms with Crippen LogP contribution in [-0.2, 0) is 0 Å². The second kappa shape index (κ2) is 6.92. The van der Waals surface area contributed by atoms with Crippen molar-refractivity contribution in [1.29, 1.82) is 0 Å². The van der Waals surface area contributed by atoms with E-state index in [1.54, 1.807) is 0 Å². The van der Waals surface area contributed by atoms with Crippen LogP contribution in [-0.4, -0.2) is 25.0 Å². The smallest absolute Gasteiger partial charge is 0.252 e. The summed E-state index contributed by atoms with van der Waals surface area (Å²) in [5.74, 6) is -0.701. The highest BCUT2D eigenvalue weighted by Gasteiger charge is 2.16. The third-order valence-corrected chi connectivity index (χ3v) is 3.16. The van der Waals surface area contributed by atoms with Crippen molar-refractivity contribution < 1.29 is 9.18 Å². The normalized spacial score (nSPS) is 18.2. The fourth-order valence-electron chi connectivity index (χ4n) is 1.92. The Morgan fingerprint density at radius 3 is 2.94 bits per heavy atom. The van der Waals surface area contributed by atoms with Crippen LogP contribution in [0.4, 0.5) is 4.39 Å². The van der Waals surface area contributed by atoms with E-state index in [1.807, 2.05) is 0 Å². The van der Waals surface area contributed by atoms with Crippen molar-refractivity contribution >= 4 is 29.9 Å². The van der Waals surface area contributed by atoms with Gasteiger partial charge in [0, 0.05) is 12.6 Å². The summed E-state index contributed by atoms with van der Waals surface area (Å²) in [6.07, 6.45) is 2.20. The number of benzene rings is 1. The first-order valence-corrected chi connectivity index (χ1v) is 6.01. The summed E-state index contributed by atoms with van der Waals surface area (Å²) in [7, 11) is 0. The molecule has 1 saturated heterocycles. The average molecular weight is 293 g/mol. The molecule has 0 saturated carbocycles. The molecule has 1 aliphatic rings. The van der Waals surface area contributed by atoms with Crippen molar-refractivity contribution in [3.63, 3.8) is 0 Å². The first-order valence-electron chi connectivity index (χ1n) is 5.63. The summed E-state index contributed by atoms with van der Waals surface area (Å²) >= 11 is 5.80. The molecule has 3 nitrogen and oxygen atoms in total. The first-order chi connectivity index (χ1) is 8.16. The number of halogens is 3.